The third kappa shape index (κ3) is 3.92. The molecule has 196 valence electrons. The van der Waals surface area contributed by atoms with Crippen molar-refractivity contribution in [3.63, 3.8) is 0 Å². The Balaban J connectivity index is 1.66. The summed E-state index contributed by atoms with van der Waals surface area (Å²) in [7, 11) is -2.90. The lowest BCUT2D eigenvalue weighted by Gasteiger charge is -2.38. The maximum Gasteiger partial charge on any atom is 0.249 e. The average molecular weight is 535 g/mol. The molecular formula is C28H27FN4O4S. The fourth-order valence-electron chi connectivity index (χ4n) is 5.50. The van der Waals surface area contributed by atoms with Crippen LogP contribution in [0.2, 0.25) is 0 Å². The zero-order chi connectivity index (χ0) is 26.8. The third-order valence-electron chi connectivity index (χ3n) is 7.21. The van der Waals surface area contributed by atoms with Crippen molar-refractivity contribution < 1.29 is 22.8 Å². The van der Waals surface area contributed by atoms with Crippen LogP contribution in [0.4, 0.5) is 10.1 Å². The van der Waals surface area contributed by atoms with Gasteiger partial charge in [0.2, 0.25) is 5.91 Å². The maximum atomic E-state index is 13.6. The molecule has 8 nitrogen and oxygen atoms in total. The molecule has 5 aromatic rings. The minimum atomic E-state index is -2.90. The second-order valence-corrected chi connectivity index (χ2v) is 11.8. The van der Waals surface area contributed by atoms with E-state index in [1.807, 2.05) is 38.1 Å². The Bertz CT molecular complexity index is 1710. The highest BCUT2D eigenvalue weighted by molar-refractivity contribution is 8.25. The number of nitrogens with zero attached hydrogens (tertiary/aromatic N) is 3. The lowest BCUT2D eigenvalue weighted by molar-refractivity contribution is 0.100. The molecule has 2 aromatic heterocycles. The molecule has 3 heterocycles. The number of carbonyl (C=O) groups excluding carboxylic acids is 1. The van der Waals surface area contributed by atoms with Crippen molar-refractivity contribution in [2.24, 2.45) is 5.73 Å². The van der Waals surface area contributed by atoms with Gasteiger partial charge in [-0.15, -0.1) is 10.8 Å². The summed E-state index contributed by atoms with van der Waals surface area (Å²) in [5, 5.41) is 5.51. The summed E-state index contributed by atoms with van der Waals surface area (Å²) in [5.74, 6) is 0.0484. The van der Waals surface area contributed by atoms with Gasteiger partial charge in [0.15, 0.2) is 0 Å². The molecule has 38 heavy (non-hydrogen) atoms. The van der Waals surface area contributed by atoms with E-state index in [2.05, 4.69) is 9.72 Å². The molecule has 1 aliphatic rings. The Morgan fingerprint density at radius 3 is 2.50 bits per heavy atom. The van der Waals surface area contributed by atoms with Crippen LogP contribution in [0.3, 0.4) is 0 Å². The number of primary amides is 1. The highest BCUT2D eigenvalue weighted by Crippen LogP contribution is 2.51. The first-order valence-electron chi connectivity index (χ1n) is 12.2. The van der Waals surface area contributed by atoms with Gasteiger partial charge < -0.3 is 14.8 Å². The Morgan fingerprint density at radius 2 is 1.87 bits per heavy atom. The molecule has 0 aliphatic carbocycles. The lowest BCUT2D eigenvalue weighted by atomic mass is 9.97. The number of hydrogen-bond acceptors (Lipinski definition) is 6. The lowest BCUT2D eigenvalue weighted by Crippen LogP contribution is -2.21. The molecule has 6 rings (SSSR count). The first-order chi connectivity index (χ1) is 18.1. The minimum absolute atomic E-state index is 0.318. The molecule has 3 aromatic carbocycles. The normalized spacial score (nSPS) is 16.0. The van der Waals surface area contributed by atoms with Gasteiger partial charge in [0.1, 0.15) is 11.6 Å². The van der Waals surface area contributed by atoms with Crippen LogP contribution in [-0.4, -0.2) is 37.0 Å². The number of aromatic nitrogens is 2. The first-order valence-corrected chi connectivity index (χ1v) is 13.9. The Labute approximate surface area is 219 Å². The number of halogens is 1. The van der Waals surface area contributed by atoms with Gasteiger partial charge in [0, 0.05) is 40.5 Å². The van der Waals surface area contributed by atoms with E-state index in [1.165, 1.54) is 12.1 Å². The summed E-state index contributed by atoms with van der Waals surface area (Å²) in [5.41, 5.74) is 11.7. The maximum absolute atomic E-state index is 13.6. The standard InChI is InChI=1S/C28H27FN4O4S/c1-16-26(17(2)37-31-16)19-12-23(28(30)34)27-22-14-21(33-10-3-11-38(33,35)36)8-9-24(22)32(25(27)13-19)15-18-4-6-20(29)7-5-18/h4-9,12-14,35-36H,3,10-11,15H2,1-2H3,(H2,30,34). The van der Waals surface area contributed by atoms with Crippen LogP contribution < -0.4 is 10.0 Å². The molecule has 1 amide bonds. The van der Waals surface area contributed by atoms with Crippen LogP contribution in [0.15, 0.2) is 59.1 Å². The third-order valence-corrected chi connectivity index (χ3v) is 9.15. The van der Waals surface area contributed by atoms with Gasteiger partial charge in [-0.2, -0.15) is 0 Å². The Morgan fingerprint density at radius 1 is 1.11 bits per heavy atom. The van der Waals surface area contributed by atoms with Gasteiger partial charge >= 0.3 is 0 Å². The monoisotopic (exact) mass is 534 g/mol. The van der Waals surface area contributed by atoms with E-state index >= 15 is 0 Å². The SMILES string of the molecule is Cc1noc(C)c1-c1cc(C(N)=O)c2c3cc(N4CCCS4(O)O)ccc3n(Cc3ccc(F)cc3)c2c1. The van der Waals surface area contributed by atoms with Crippen molar-refractivity contribution in [3.05, 3.63) is 83.0 Å². The number of rotatable bonds is 5. The van der Waals surface area contributed by atoms with E-state index < -0.39 is 16.7 Å². The largest absolute Gasteiger partial charge is 0.366 e. The van der Waals surface area contributed by atoms with Crippen molar-refractivity contribution in [1.82, 2.24) is 9.72 Å². The van der Waals surface area contributed by atoms with Crippen molar-refractivity contribution >= 4 is 44.2 Å². The molecule has 0 saturated carbocycles. The average Bonchev–Trinajstić information content (AvgIpc) is 3.51. The minimum Gasteiger partial charge on any atom is -0.366 e. The quantitative estimate of drug-likeness (QED) is 0.246. The molecule has 0 unspecified atom stereocenters. The van der Waals surface area contributed by atoms with E-state index in [4.69, 9.17) is 10.3 Å². The summed E-state index contributed by atoms with van der Waals surface area (Å²) < 4.78 is 43.9. The molecule has 0 spiro atoms. The summed E-state index contributed by atoms with van der Waals surface area (Å²) in [6.07, 6.45) is 0.681. The van der Waals surface area contributed by atoms with Gasteiger partial charge in [-0.05, 0) is 73.9 Å². The molecule has 1 aliphatic heterocycles. The number of aryl methyl sites for hydroxylation is 2. The molecule has 1 fully saturated rings. The second kappa shape index (κ2) is 8.87. The molecule has 1 saturated heterocycles. The fraction of sp³-hybridized carbons (Fsp3) is 0.214. The van der Waals surface area contributed by atoms with Gasteiger partial charge in [0.05, 0.1) is 22.7 Å². The number of nitrogens with two attached hydrogens (primary N) is 1. The van der Waals surface area contributed by atoms with Gasteiger partial charge in [-0.1, -0.05) is 17.3 Å². The molecule has 0 bridgehead atoms. The van der Waals surface area contributed by atoms with E-state index in [1.54, 1.807) is 22.5 Å². The van der Waals surface area contributed by atoms with E-state index in [9.17, 15) is 18.3 Å². The molecule has 4 N–H and O–H groups in total. The highest BCUT2D eigenvalue weighted by atomic mass is 32.3. The van der Waals surface area contributed by atoms with Crippen LogP contribution in [0, 0.1) is 19.7 Å². The number of fused-ring (bicyclic) bond motifs is 3. The van der Waals surface area contributed by atoms with Gasteiger partial charge in [-0.25, -0.2) is 4.39 Å². The molecule has 0 radical (unpaired) electrons. The number of anilines is 1. The van der Waals surface area contributed by atoms with Crippen LogP contribution in [-0.2, 0) is 6.54 Å². The predicted molar refractivity (Wildman–Crippen MR) is 148 cm³/mol. The highest BCUT2D eigenvalue weighted by Gasteiger charge is 2.30. The zero-order valence-corrected chi connectivity index (χ0v) is 21.8. The number of carbonyl (C=O) groups is 1. The Kier molecular flexibility index (Phi) is 5.71. The van der Waals surface area contributed by atoms with Crippen LogP contribution in [0.5, 0.6) is 0 Å². The number of benzene rings is 3. The van der Waals surface area contributed by atoms with Crippen molar-refractivity contribution in [3.8, 4) is 11.1 Å². The summed E-state index contributed by atoms with van der Waals surface area (Å²) >= 11 is 0. The second-order valence-electron chi connectivity index (χ2n) is 9.69. The van der Waals surface area contributed by atoms with E-state index in [-0.39, 0.29) is 5.82 Å². The summed E-state index contributed by atoms with van der Waals surface area (Å²) in [6.45, 7) is 4.61. The van der Waals surface area contributed by atoms with Crippen molar-refractivity contribution in [2.45, 2.75) is 26.8 Å². The van der Waals surface area contributed by atoms with Crippen LogP contribution in [0.1, 0.15) is 33.8 Å². The number of amides is 1. The zero-order valence-electron chi connectivity index (χ0n) is 20.9. The van der Waals surface area contributed by atoms with Gasteiger partial charge in [0.25, 0.3) is 0 Å². The van der Waals surface area contributed by atoms with Crippen molar-refractivity contribution in [2.75, 3.05) is 16.6 Å². The summed E-state index contributed by atoms with van der Waals surface area (Å²) in [6, 6.07) is 15.7. The van der Waals surface area contributed by atoms with E-state index in [0.717, 1.165) is 33.1 Å². The van der Waals surface area contributed by atoms with Crippen LogP contribution in [0.25, 0.3) is 32.9 Å². The molecular weight excluding hydrogens is 507 g/mol. The summed E-state index contributed by atoms with van der Waals surface area (Å²) in [4.78, 5) is 12.8. The molecule has 0 atom stereocenters. The first kappa shape index (κ1) is 24.5. The smallest absolute Gasteiger partial charge is 0.249 e. The van der Waals surface area contributed by atoms with E-state index in [0.29, 0.717) is 53.4 Å². The molecule has 10 heteroatoms. The van der Waals surface area contributed by atoms with Crippen LogP contribution >= 0.6 is 10.8 Å². The fourth-order valence-corrected chi connectivity index (χ4v) is 7.11. The Hall–Kier alpha value is -3.86. The number of hydrogen-bond donors (Lipinski definition) is 3. The predicted octanol–water partition coefficient (Wildman–Crippen LogP) is 6.23. The topological polar surface area (TPSA) is 118 Å². The van der Waals surface area contributed by atoms with Gasteiger partial charge in [-0.3, -0.25) is 18.2 Å². The van der Waals surface area contributed by atoms with Crippen molar-refractivity contribution in [1.29, 1.82) is 0 Å².